The van der Waals surface area contributed by atoms with Crippen LogP contribution in [0, 0.1) is 12.8 Å². The van der Waals surface area contributed by atoms with Crippen molar-refractivity contribution in [2.45, 2.75) is 77.5 Å². The van der Waals surface area contributed by atoms with Gasteiger partial charge in [-0.05, 0) is 60.9 Å². The minimum absolute atomic E-state index is 0.0102. The highest BCUT2D eigenvalue weighted by Gasteiger charge is 2.30. The number of aryl methyl sites for hydroxylation is 1. The molecule has 0 saturated carbocycles. The van der Waals surface area contributed by atoms with Gasteiger partial charge in [0, 0.05) is 42.0 Å². The number of carbonyl (C=O) groups is 3. The molecular formula is C38H45N5O6. The average Bonchev–Trinajstić information content (AvgIpc) is 3.09. The predicted molar refractivity (Wildman–Crippen MR) is 185 cm³/mol. The fourth-order valence-electron chi connectivity index (χ4n) is 5.36. The average molecular weight is 668 g/mol. The lowest BCUT2D eigenvalue weighted by atomic mass is 9.93. The molecule has 11 heteroatoms. The lowest BCUT2D eigenvalue weighted by Gasteiger charge is -2.30. The number of pyridine rings is 2. The van der Waals surface area contributed by atoms with Gasteiger partial charge >= 0.3 is 12.2 Å². The maximum absolute atomic E-state index is 13.7. The summed E-state index contributed by atoms with van der Waals surface area (Å²) in [6.45, 7) is 5.58. The van der Waals surface area contributed by atoms with Crippen molar-refractivity contribution < 1.29 is 29.0 Å². The molecule has 0 aliphatic carbocycles. The Labute approximate surface area is 287 Å². The second-order valence-corrected chi connectivity index (χ2v) is 12.4. The van der Waals surface area contributed by atoms with E-state index in [-0.39, 0.29) is 25.6 Å². The van der Waals surface area contributed by atoms with Crippen LogP contribution in [0.2, 0.25) is 0 Å². The Morgan fingerprint density at radius 1 is 0.714 bits per heavy atom. The third-order valence-electron chi connectivity index (χ3n) is 7.88. The van der Waals surface area contributed by atoms with Gasteiger partial charge in [-0.25, -0.2) is 9.59 Å². The first kappa shape index (κ1) is 36.5. The minimum Gasteiger partial charge on any atom is -0.445 e. The Kier molecular flexibility index (Phi) is 14.1. The summed E-state index contributed by atoms with van der Waals surface area (Å²) in [4.78, 5) is 47.5. The van der Waals surface area contributed by atoms with Crippen LogP contribution in [0.3, 0.4) is 0 Å². The summed E-state index contributed by atoms with van der Waals surface area (Å²) in [6, 6.07) is 22.3. The summed E-state index contributed by atoms with van der Waals surface area (Å²) in [6.07, 6.45) is 4.93. The second kappa shape index (κ2) is 18.9. The molecule has 0 bridgehead atoms. The van der Waals surface area contributed by atoms with Crippen molar-refractivity contribution >= 4 is 18.1 Å². The Morgan fingerprint density at radius 2 is 1.31 bits per heavy atom. The third kappa shape index (κ3) is 12.7. The standard InChI is InChI=1S/C38H45N5O6/c1-26(2)35(43-38(47)49-25-31-17-27(3)21-40-23-31)36(45)41-32(18-28-11-6-4-7-12-28)20-34(44)33(19-29-13-8-5-9-14-29)42-37(46)48-24-30-15-10-16-39-22-30/h4-17,21-23,26,32-35,44H,18-20,24-25H2,1-3H3,(H,41,45)(H,42,46)(H,43,47)/t32-,33-,34-,35-/m0/s1. The van der Waals surface area contributed by atoms with Crippen LogP contribution < -0.4 is 16.0 Å². The number of hydrogen-bond donors (Lipinski definition) is 4. The number of aromatic nitrogens is 2. The number of alkyl carbamates (subject to hydrolysis) is 2. The van der Waals surface area contributed by atoms with Crippen molar-refractivity contribution in [2.24, 2.45) is 5.92 Å². The number of nitrogens with one attached hydrogen (secondary N) is 3. The van der Waals surface area contributed by atoms with E-state index in [0.29, 0.717) is 12.8 Å². The van der Waals surface area contributed by atoms with Gasteiger partial charge in [-0.2, -0.15) is 0 Å². The van der Waals surface area contributed by atoms with E-state index in [0.717, 1.165) is 27.8 Å². The van der Waals surface area contributed by atoms with Gasteiger partial charge in [-0.1, -0.05) is 80.6 Å². The molecule has 4 rings (SSSR count). The fraction of sp³-hybridized carbons (Fsp3) is 0.342. The van der Waals surface area contributed by atoms with Crippen molar-refractivity contribution in [3.8, 4) is 0 Å². The molecular weight excluding hydrogens is 622 g/mol. The van der Waals surface area contributed by atoms with E-state index in [1.54, 1.807) is 36.9 Å². The molecule has 258 valence electrons. The van der Waals surface area contributed by atoms with Crippen LogP contribution in [0.5, 0.6) is 0 Å². The molecule has 2 aromatic heterocycles. The van der Waals surface area contributed by atoms with Gasteiger partial charge in [0.05, 0.1) is 12.1 Å². The second-order valence-electron chi connectivity index (χ2n) is 12.4. The van der Waals surface area contributed by atoms with E-state index >= 15 is 0 Å². The summed E-state index contributed by atoms with van der Waals surface area (Å²) in [5.41, 5.74) is 4.26. The normalized spacial score (nSPS) is 13.4. The molecule has 0 fully saturated rings. The molecule has 2 heterocycles. The smallest absolute Gasteiger partial charge is 0.408 e. The quantitative estimate of drug-likeness (QED) is 0.130. The van der Waals surface area contributed by atoms with Crippen LogP contribution in [0.4, 0.5) is 9.59 Å². The molecule has 0 aliphatic heterocycles. The highest BCUT2D eigenvalue weighted by Crippen LogP contribution is 2.16. The van der Waals surface area contributed by atoms with Crippen molar-refractivity contribution in [1.82, 2.24) is 25.9 Å². The molecule has 0 saturated heterocycles. The Balaban J connectivity index is 1.46. The number of nitrogens with zero attached hydrogens (tertiary/aromatic N) is 2. The topological polar surface area (TPSA) is 152 Å². The fourth-order valence-corrected chi connectivity index (χ4v) is 5.36. The molecule has 11 nitrogen and oxygen atoms in total. The first-order valence-corrected chi connectivity index (χ1v) is 16.4. The third-order valence-corrected chi connectivity index (χ3v) is 7.88. The van der Waals surface area contributed by atoms with Crippen molar-refractivity contribution in [3.63, 3.8) is 0 Å². The van der Waals surface area contributed by atoms with Crippen LogP contribution >= 0.6 is 0 Å². The molecule has 0 radical (unpaired) electrons. The summed E-state index contributed by atoms with van der Waals surface area (Å²) in [5.74, 6) is -0.682. The Hall–Kier alpha value is -5.29. The molecule has 0 aliphatic rings. The van der Waals surface area contributed by atoms with E-state index in [9.17, 15) is 19.5 Å². The Morgan fingerprint density at radius 3 is 1.92 bits per heavy atom. The molecule has 4 N–H and O–H groups in total. The number of aliphatic hydroxyl groups is 1. The number of hydrogen-bond acceptors (Lipinski definition) is 8. The van der Waals surface area contributed by atoms with Crippen LogP contribution in [0.1, 0.15) is 48.1 Å². The van der Waals surface area contributed by atoms with Crippen LogP contribution in [0.25, 0.3) is 0 Å². The first-order valence-electron chi connectivity index (χ1n) is 16.4. The highest BCUT2D eigenvalue weighted by molar-refractivity contribution is 5.86. The van der Waals surface area contributed by atoms with Gasteiger partial charge in [0.1, 0.15) is 19.3 Å². The summed E-state index contributed by atoms with van der Waals surface area (Å²) in [5, 5.41) is 20.2. The van der Waals surface area contributed by atoms with E-state index in [4.69, 9.17) is 9.47 Å². The zero-order chi connectivity index (χ0) is 35.0. The Bertz CT molecular complexity index is 1610. The zero-order valence-corrected chi connectivity index (χ0v) is 28.1. The minimum atomic E-state index is -1.07. The number of carbonyl (C=O) groups excluding carboxylic acids is 3. The monoisotopic (exact) mass is 667 g/mol. The summed E-state index contributed by atoms with van der Waals surface area (Å²) in [7, 11) is 0. The van der Waals surface area contributed by atoms with E-state index in [1.807, 2.05) is 87.5 Å². The van der Waals surface area contributed by atoms with Crippen molar-refractivity contribution in [1.29, 1.82) is 0 Å². The summed E-state index contributed by atoms with van der Waals surface area (Å²) >= 11 is 0. The van der Waals surface area contributed by atoms with Crippen LogP contribution in [0.15, 0.2) is 104 Å². The number of aliphatic hydroxyl groups excluding tert-OH is 1. The van der Waals surface area contributed by atoms with E-state index in [2.05, 4.69) is 25.9 Å². The van der Waals surface area contributed by atoms with Crippen LogP contribution in [-0.2, 0) is 40.3 Å². The largest absolute Gasteiger partial charge is 0.445 e. The van der Waals surface area contributed by atoms with Gasteiger partial charge < -0.3 is 30.5 Å². The number of rotatable bonds is 16. The lowest BCUT2D eigenvalue weighted by Crippen LogP contribution is -2.54. The maximum atomic E-state index is 13.7. The van der Waals surface area contributed by atoms with Gasteiger partial charge in [0.2, 0.25) is 5.91 Å². The van der Waals surface area contributed by atoms with Crippen molar-refractivity contribution in [2.75, 3.05) is 0 Å². The molecule has 2 aromatic carbocycles. The molecule has 0 unspecified atom stereocenters. The van der Waals surface area contributed by atoms with Gasteiger partial charge in [0.25, 0.3) is 0 Å². The number of ether oxygens (including phenoxy) is 2. The van der Waals surface area contributed by atoms with Crippen LogP contribution in [-0.4, -0.2) is 57.4 Å². The van der Waals surface area contributed by atoms with Gasteiger partial charge in [-0.3, -0.25) is 14.8 Å². The number of benzene rings is 2. The zero-order valence-electron chi connectivity index (χ0n) is 28.1. The molecule has 49 heavy (non-hydrogen) atoms. The number of amides is 3. The molecule has 3 amide bonds. The van der Waals surface area contributed by atoms with E-state index in [1.165, 1.54) is 0 Å². The van der Waals surface area contributed by atoms with Crippen molar-refractivity contribution in [3.05, 3.63) is 131 Å². The highest BCUT2D eigenvalue weighted by atomic mass is 16.6. The molecule has 4 atom stereocenters. The van der Waals surface area contributed by atoms with Gasteiger partial charge in [-0.15, -0.1) is 0 Å². The maximum Gasteiger partial charge on any atom is 0.408 e. The molecule has 4 aromatic rings. The van der Waals surface area contributed by atoms with Gasteiger partial charge in [0.15, 0.2) is 0 Å². The lowest BCUT2D eigenvalue weighted by molar-refractivity contribution is -0.125. The molecule has 0 spiro atoms. The van der Waals surface area contributed by atoms with E-state index < -0.39 is 42.3 Å². The summed E-state index contributed by atoms with van der Waals surface area (Å²) < 4.78 is 10.8. The first-order chi connectivity index (χ1) is 23.7. The predicted octanol–water partition coefficient (Wildman–Crippen LogP) is 5.05. The SMILES string of the molecule is Cc1cncc(COC(=O)N[C@H](C(=O)N[C@@H](Cc2ccccc2)C[C@H](O)[C@H](Cc2ccccc2)NC(=O)OCc2cccnc2)C(C)C)c1.